The van der Waals surface area contributed by atoms with Crippen LogP contribution in [0, 0.1) is 11.3 Å². The van der Waals surface area contributed by atoms with Crippen LogP contribution in [0.5, 0.6) is 0 Å². The van der Waals surface area contributed by atoms with Crippen LogP contribution in [0.1, 0.15) is 15.9 Å². The molecule has 0 saturated heterocycles. The second kappa shape index (κ2) is 6.54. The molecule has 1 aromatic heterocycles. The number of carbonyl (C=O) groups is 1. The number of aromatic nitrogens is 1. The molecule has 1 heterocycles. The number of nitrogens with one attached hydrogen (secondary N) is 1. The van der Waals surface area contributed by atoms with Crippen LogP contribution >= 0.6 is 0 Å². The van der Waals surface area contributed by atoms with Gasteiger partial charge in [-0.3, -0.25) is 4.79 Å². The third-order valence-electron chi connectivity index (χ3n) is 3.43. The Labute approximate surface area is 134 Å². The van der Waals surface area contributed by atoms with Gasteiger partial charge in [0.15, 0.2) is 0 Å². The van der Waals surface area contributed by atoms with Crippen molar-refractivity contribution in [3.8, 4) is 17.3 Å². The highest BCUT2D eigenvalue weighted by Crippen LogP contribution is 2.15. The summed E-state index contributed by atoms with van der Waals surface area (Å²) < 4.78 is 1.68. The molecule has 0 atom stereocenters. The van der Waals surface area contributed by atoms with Crippen LogP contribution in [0.2, 0.25) is 0 Å². The van der Waals surface area contributed by atoms with Crippen molar-refractivity contribution in [3.63, 3.8) is 0 Å². The maximum atomic E-state index is 12.3. The number of rotatable bonds is 3. The zero-order chi connectivity index (χ0) is 16.1. The molecular formula is C19H14N3O+. The van der Waals surface area contributed by atoms with Crippen LogP contribution < -0.4 is 10.1 Å². The fourth-order valence-electron chi connectivity index (χ4n) is 2.25. The van der Waals surface area contributed by atoms with Gasteiger partial charge in [-0.05, 0) is 42.5 Å². The number of nitriles is 1. The second-order valence-corrected chi connectivity index (χ2v) is 4.95. The van der Waals surface area contributed by atoms with Gasteiger partial charge in [0, 0.05) is 23.3 Å². The maximum Gasteiger partial charge on any atom is 0.305 e. The molecule has 23 heavy (non-hydrogen) atoms. The predicted molar refractivity (Wildman–Crippen MR) is 86.9 cm³/mol. The van der Waals surface area contributed by atoms with E-state index in [9.17, 15) is 4.79 Å². The first-order chi connectivity index (χ1) is 11.3. The van der Waals surface area contributed by atoms with Crippen molar-refractivity contribution in [2.45, 2.75) is 0 Å². The van der Waals surface area contributed by atoms with Gasteiger partial charge in [0.05, 0.1) is 11.6 Å². The summed E-state index contributed by atoms with van der Waals surface area (Å²) in [5, 5.41) is 8.89. The van der Waals surface area contributed by atoms with Crippen molar-refractivity contribution in [1.82, 2.24) is 0 Å². The zero-order valence-corrected chi connectivity index (χ0v) is 12.3. The summed E-state index contributed by atoms with van der Waals surface area (Å²) in [6.07, 6.45) is 1.79. The Bertz CT molecular complexity index is 865. The Kier molecular flexibility index (Phi) is 4.12. The fraction of sp³-hybridized carbons (Fsp3) is 0. The maximum absolute atomic E-state index is 12.3. The molecule has 0 bridgehead atoms. The highest BCUT2D eigenvalue weighted by atomic mass is 16.2. The first-order valence-electron chi connectivity index (χ1n) is 7.15. The van der Waals surface area contributed by atoms with Crippen molar-refractivity contribution in [1.29, 1.82) is 5.26 Å². The lowest BCUT2D eigenvalue weighted by Gasteiger charge is -2.04. The van der Waals surface area contributed by atoms with E-state index in [-0.39, 0.29) is 5.91 Å². The van der Waals surface area contributed by atoms with E-state index in [0.717, 1.165) is 11.3 Å². The number of pyridine rings is 1. The Balaban J connectivity index is 1.92. The van der Waals surface area contributed by atoms with E-state index in [1.165, 1.54) is 0 Å². The molecule has 1 N–H and O–H groups in total. The molecule has 4 nitrogen and oxygen atoms in total. The molecule has 0 aliphatic carbocycles. The summed E-state index contributed by atoms with van der Waals surface area (Å²) in [5.41, 5.74) is 5.81. The summed E-state index contributed by atoms with van der Waals surface area (Å²) in [4.78, 5) is 12.3. The number of hydrogen-bond donors (Lipinski definition) is 1. The summed E-state index contributed by atoms with van der Waals surface area (Å²) >= 11 is 0. The van der Waals surface area contributed by atoms with Gasteiger partial charge >= 0.3 is 5.91 Å². The minimum atomic E-state index is -0.184. The minimum Gasteiger partial charge on any atom is -0.264 e. The predicted octanol–water partition coefficient (Wildman–Crippen LogP) is 2.90. The number of carbonyl (C=O) groups excluding carboxylic acids is 1. The molecule has 4 heteroatoms. The van der Waals surface area contributed by atoms with Crippen LogP contribution in [0.3, 0.4) is 0 Å². The van der Waals surface area contributed by atoms with E-state index in [1.54, 1.807) is 35.1 Å². The molecular weight excluding hydrogens is 286 g/mol. The smallest absolute Gasteiger partial charge is 0.264 e. The molecule has 3 rings (SSSR count). The van der Waals surface area contributed by atoms with Crippen LogP contribution in [0.25, 0.3) is 11.3 Å². The summed E-state index contributed by atoms with van der Waals surface area (Å²) in [5.74, 6) is -0.184. The SMILES string of the molecule is N#Cc1ccc(-c2cccc[n+]2NC(=O)c2ccccc2)cc1. The first-order valence-corrected chi connectivity index (χ1v) is 7.15. The zero-order valence-electron chi connectivity index (χ0n) is 12.3. The van der Waals surface area contributed by atoms with Gasteiger partial charge in [-0.2, -0.15) is 5.26 Å². The second-order valence-electron chi connectivity index (χ2n) is 4.95. The molecule has 3 aromatic rings. The van der Waals surface area contributed by atoms with E-state index in [0.29, 0.717) is 11.1 Å². The largest absolute Gasteiger partial charge is 0.305 e. The molecule has 0 radical (unpaired) electrons. The molecule has 0 aliphatic rings. The van der Waals surface area contributed by atoms with Crippen LogP contribution in [-0.2, 0) is 0 Å². The number of benzene rings is 2. The van der Waals surface area contributed by atoms with E-state index >= 15 is 0 Å². The van der Waals surface area contributed by atoms with E-state index < -0.39 is 0 Å². The molecule has 0 fully saturated rings. The Morgan fingerprint density at radius 3 is 2.30 bits per heavy atom. The highest BCUT2D eigenvalue weighted by molar-refractivity contribution is 5.98. The topological polar surface area (TPSA) is 56.8 Å². The van der Waals surface area contributed by atoms with Gasteiger partial charge in [-0.15, -0.1) is 5.43 Å². The van der Waals surface area contributed by atoms with Gasteiger partial charge in [0.2, 0.25) is 11.9 Å². The standard InChI is InChI=1S/C19H13N3O/c20-14-15-9-11-16(12-10-15)18-8-4-5-13-22(18)21-19(23)17-6-2-1-3-7-17/h1-13H/p+1. The number of amides is 1. The molecule has 0 spiro atoms. The van der Waals surface area contributed by atoms with Crippen molar-refractivity contribution in [2.75, 3.05) is 5.43 Å². The fourth-order valence-corrected chi connectivity index (χ4v) is 2.25. The Morgan fingerprint density at radius 2 is 1.61 bits per heavy atom. The lowest BCUT2D eigenvalue weighted by Crippen LogP contribution is -2.49. The van der Waals surface area contributed by atoms with E-state index in [2.05, 4.69) is 11.5 Å². The van der Waals surface area contributed by atoms with E-state index in [4.69, 9.17) is 5.26 Å². The first kappa shape index (κ1) is 14.5. The summed E-state index contributed by atoms with van der Waals surface area (Å²) in [6, 6.07) is 24.0. The lowest BCUT2D eigenvalue weighted by atomic mass is 10.1. The van der Waals surface area contributed by atoms with Crippen molar-refractivity contribution in [3.05, 3.63) is 90.1 Å². The monoisotopic (exact) mass is 300 g/mol. The summed E-state index contributed by atoms with van der Waals surface area (Å²) in [6.45, 7) is 0. The molecule has 110 valence electrons. The van der Waals surface area contributed by atoms with Crippen molar-refractivity contribution < 1.29 is 9.47 Å². The van der Waals surface area contributed by atoms with Gasteiger partial charge in [0.1, 0.15) is 0 Å². The number of nitrogens with zero attached hydrogens (tertiary/aromatic N) is 2. The van der Waals surface area contributed by atoms with Crippen LogP contribution in [0.4, 0.5) is 0 Å². The van der Waals surface area contributed by atoms with Crippen molar-refractivity contribution in [2.24, 2.45) is 0 Å². The minimum absolute atomic E-state index is 0.184. The summed E-state index contributed by atoms with van der Waals surface area (Å²) in [7, 11) is 0. The Morgan fingerprint density at radius 1 is 0.913 bits per heavy atom. The van der Waals surface area contributed by atoms with Gasteiger partial charge in [0.25, 0.3) is 0 Å². The number of hydrogen-bond acceptors (Lipinski definition) is 2. The lowest BCUT2D eigenvalue weighted by molar-refractivity contribution is -0.630. The third kappa shape index (κ3) is 3.25. The van der Waals surface area contributed by atoms with Crippen LogP contribution in [0.15, 0.2) is 79.0 Å². The normalized spacial score (nSPS) is 9.87. The third-order valence-corrected chi connectivity index (χ3v) is 3.43. The quantitative estimate of drug-likeness (QED) is 0.756. The molecule has 0 aliphatic heterocycles. The Hall–Kier alpha value is -3.45. The molecule has 2 aromatic carbocycles. The molecule has 1 amide bonds. The van der Waals surface area contributed by atoms with Crippen molar-refractivity contribution >= 4 is 5.91 Å². The average Bonchev–Trinajstić information content (AvgIpc) is 2.63. The van der Waals surface area contributed by atoms with Gasteiger partial charge < -0.3 is 0 Å². The van der Waals surface area contributed by atoms with Gasteiger partial charge in [-0.1, -0.05) is 22.9 Å². The van der Waals surface area contributed by atoms with Gasteiger partial charge in [-0.25, -0.2) is 0 Å². The molecule has 0 saturated carbocycles. The van der Waals surface area contributed by atoms with Crippen LogP contribution in [-0.4, -0.2) is 5.91 Å². The highest BCUT2D eigenvalue weighted by Gasteiger charge is 2.16. The van der Waals surface area contributed by atoms with E-state index in [1.807, 2.05) is 48.5 Å². The average molecular weight is 300 g/mol. The molecule has 0 unspecified atom stereocenters.